The Labute approximate surface area is 83.5 Å². The van der Waals surface area contributed by atoms with Gasteiger partial charge in [-0.15, -0.1) is 0 Å². The predicted molar refractivity (Wildman–Crippen MR) is 53.1 cm³/mol. The van der Waals surface area contributed by atoms with Crippen molar-refractivity contribution >= 4 is 5.95 Å². The van der Waals surface area contributed by atoms with Crippen molar-refractivity contribution in [3.63, 3.8) is 0 Å². The van der Waals surface area contributed by atoms with Crippen LogP contribution in [0.1, 0.15) is 25.7 Å². The minimum absolute atomic E-state index is 0.664. The molecule has 0 bridgehead atoms. The lowest BCUT2D eigenvalue weighted by atomic mass is 10.4. The first-order valence-corrected chi connectivity index (χ1v) is 5.18. The van der Waals surface area contributed by atoms with Gasteiger partial charge in [0.15, 0.2) is 0 Å². The van der Waals surface area contributed by atoms with Gasteiger partial charge in [-0.3, -0.25) is 0 Å². The molecule has 0 aromatic carbocycles. The summed E-state index contributed by atoms with van der Waals surface area (Å²) in [7, 11) is 0. The predicted octanol–water partition coefficient (Wildman–Crippen LogP) is 0.779. The van der Waals surface area contributed by atoms with Crippen LogP contribution in [-0.2, 0) is 6.54 Å². The van der Waals surface area contributed by atoms with E-state index in [9.17, 15) is 0 Å². The van der Waals surface area contributed by atoms with E-state index < -0.39 is 0 Å². The number of rotatable bonds is 4. The second kappa shape index (κ2) is 4.41. The number of aromatic nitrogens is 2. The Hall–Kier alpha value is -1.10. The fraction of sp³-hybridized carbons (Fsp3) is 0.778. The van der Waals surface area contributed by atoms with E-state index in [1.165, 1.54) is 12.8 Å². The Morgan fingerprint density at radius 2 is 2.21 bits per heavy atom. The molecule has 1 aliphatic rings. The van der Waals surface area contributed by atoms with Gasteiger partial charge in [0.1, 0.15) is 0 Å². The Morgan fingerprint density at radius 3 is 2.93 bits per heavy atom. The summed E-state index contributed by atoms with van der Waals surface area (Å²) in [5.41, 5.74) is 0. The Bertz CT molecular complexity index is 280. The lowest BCUT2D eigenvalue weighted by molar-refractivity contribution is 0.368. The van der Waals surface area contributed by atoms with Crippen LogP contribution >= 0.6 is 0 Å². The van der Waals surface area contributed by atoms with E-state index in [0.29, 0.717) is 12.4 Å². The van der Waals surface area contributed by atoms with Crippen LogP contribution in [0, 0.1) is 0 Å². The van der Waals surface area contributed by atoms with Gasteiger partial charge in [-0.2, -0.15) is 4.98 Å². The minimum Gasteiger partial charge on any atom is -0.338 e. The van der Waals surface area contributed by atoms with Gasteiger partial charge in [0.2, 0.25) is 5.89 Å². The van der Waals surface area contributed by atoms with Crippen molar-refractivity contribution in [2.45, 2.75) is 26.3 Å². The Balaban J connectivity index is 1.94. The summed E-state index contributed by atoms with van der Waals surface area (Å²) in [5, 5.41) is 7.10. The monoisotopic (exact) mass is 196 g/mol. The van der Waals surface area contributed by atoms with Crippen LogP contribution in [0.5, 0.6) is 0 Å². The van der Waals surface area contributed by atoms with Crippen LogP contribution < -0.4 is 10.2 Å². The molecule has 0 unspecified atom stereocenters. The maximum atomic E-state index is 5.11. The number of nitrogens with one attached hydrogen (secondary N) is 1. The first kappa shape index (κ1) is 9.45. The smallest absolute Gasteiger partial charge is 0.266 e. The molecular weight excluding hydrogens is 180 g/mol. The zero-order chi connectivity index (χ0) is 9.80. The molecule has 1 fully saturated rings. The topological polar surface area (TPSA) is 54.2 Å². The third-order valence-corrected chi connectivity index (χ3v) is 2.37. The molecule has 0 saturated carbocycles. The lowest BCUT2D eigenvalue weighted by Crippen LogP contribution is -2.19. The highest BCUT2D eigenvalue weighted by Crippen LogP contribution is 2.15. The summed E-state index contributed by atoms with van der Waals surface area (Å²) in [6.07, 6.45) is 2.47. The normalized spacial score (nSPS) is 16.5. The highest BCUT2D eigenvalue weighted by molar-refractivity contribution is 5.28. The Kier molecular flexibility index (Phi) is 2.98. The molecule has 5 heteroatoms. The van der Waals surface area contributed by atoms with Gasteiger partial charge in [0.05, 0.1) is 6.54 Å². The van der Waals surface area contributed by atoms with Crippen LogP contribution in [0.15, 0.2) is 4.52 Å². The summed E-state index contributed by atoms with van der Waals surface area (Å²) >= 11 is 0. The van der Waals surface area contributed by atoms with E-state index in [1.807, 2.05) is 0 Å². The summed E-state index contributed by atoms with van der Waals surface area (Å²) < 4.78 is 5.11. The fourth-order valence-electron chi connectivity index (χ4n) is 1.60. The average molecular weight is 196 g/mol. The molecular formula is C9H16N4O. The van der Waals surface area contributed by atoms with Crippen LogP contribution in [0.2, 0.25) is 0 Å². The molecule has 1 aromatic rings. The van der Waals surface area contributed by atoms with Gasteiger partial charge >= 0.3 is 0 Å². The van der Waals surface area contributed by atoms with Gasteiger partial charge in [0, 0.05) is 13.1 Å². The molecule has 1 saturated heterocycles. The summed E-state index contributed by atoms with van der Waals surface area (Å²) in [6, 6.07) is 0. The molecule has 0 atom stereocenters. The molecule has 2 heterocycles. The molecule has 0 aliphatic carbocycles. The van der Waals surface area contributed by atoms with E-state index in [-0.39, 0.29) is 0 Å². The van der Waals surface area contributed by atoms with Crippen molar-refractivity contribution in [1.29, 1.82) is 0 Å². The minimum atomic E-state index is 0.664. The van der Waals surface area contributed by atoms with Gasteiger partial charge in [-0.1, -0.05) is 6.92 Å². The maximum absolute atomic E-state index is 5.11. The summed E-state index contributed by atoms with van der Waals surface area (Å²) in [5.74, 6) is 1.42. The summed E-state index contributed by atoms with van der Waals surface area (Å²) in [6.45, 7) is 5.75. The molecule has 5 nitrogen and oxygen atoms in total. The van der Waals surface area contributed by atoms with E-state index in [2.05, 4.69) is 27.3 Å². The van der Waals surface area contributed by atoms with E-state index >= 15 is 0 Å². The van der Waals surface area contributed by atoms with Crippen molar-refractivity contribution < 1.29 is 4.52 Å². The zero-order valence-electron chi connectivity index (χ0n) is 8.49. The largest absolute Gasteiger partial charge is 0.338 e. The fourth-order valence-corrected chi connectivity index (χ4v) is 1.60. The number of hydrogen-bond donors (Lipinski definition) is 1. The molecule has 14 heavy (non-hydrogen) atoms. The van der Waals surface area contributed by atoms with Crippen molar-refractivity contribution in [2.75, 3.05) is 24.5 Å². The van der Waals surface area contributed by atoms with Crippen molar-refractivity contribution in [1.82, 2.24) is 15.5 Å². The molecule has 1 N–H and O–H groups in total. The van der Waals surface area contributed by atoms with Crippen LogP contribution in [0.4, 0.5) is 5.95 Å². The first-order chi connectivity index (χ1) is 6.90. The average Bonchev–Trinajstić information content (AvgIpc) is 2.85. The molecule has 2 rings (SSSR count). The van der Waals surface area contributed by atoms with E-state index in [0.717, 1.165) is 25.6 Å². The molecule has 78 valence electrons. The third-order valence-electron chi connectivity index (χ3n) is 2.37. The SMILES string of the molecule is CCNCc1nc(N2CCCC2)no1. The number of anilines is 1. The lowest BCUT2D eigenvalue weighted by Gasteiger charge is -2.09. The highest BCUT2D eigenvalue weighted by atomic mass is 16.5. The van der Waals surface area contributed by atoms with Crippen molar-refractivity contribution in [3.8, 4) is 0 Å². The molecule has 1 aromatic heterocycles. The van der Waals surface area contributed by atoms with Crippen LogP contribution in [0.25, 0.3) is 0 Å². The van der Waals surface area contributed by atoms with Crippen molar-refractivity contribution in [2.24, 2.45) is 0 Å². The van der Waals surface area contributed by atoms with E-state index in [4.69, 9.17) is 4.52 Å². The van der Waals surface area contributed by atoms with Gasteiger partial charge in [-0.05, 0) is 24.5 Å². The zero-order valence-corrected chi connectivity index (χ0v) is 8.49. The van der Waals surface area contributed by atoms with E-state index in [1.54, 1.807) is 0 Å². The molecule has 0 radical (unpaired) electrons. The number of hydrogen-bond acceptors (Lipinski definition) is 5. The van der Waals surface area contributed by atoms with Crippen LogP contribution in [-0.4, -0.2) is 29.8 Å². The van der Waals surface area contributed by atoms with Gasteiger partial charge < -0.3 is 14.7 Å². The molecule has 0 amide bonds. The summed E-state index contributed by atoms with van der Waals surface area (Å²) in [4.78, 5) is 6.48. The first-order valence-electron chi connectivity index (χ1n) is 5.18. The third kappa shape index (κ3) is 2.04. The van der Waals surface area contributed by atoms with Crippen molar-refractivity contribution in [3.05, 3.63) is 5.89 Å². The maximum Gasteiger partial charge on any atom is 0.266 e. The standard InChI is InChI=1S/C9H16N4O/c1-2-10-7-8-11-9(12-14-8)13-5-3-4-6-13/h10H,2-7H2,1H3. The second-order valence-electron chi connectivity index (χ2n) is 3.46. The molecule has 1 aliphatic heterocycles. The molecule has 0 spiro atoms. The second-order valence-corrected chi connectivity index (χ2v) is 3.46. The number of nitrogens with zero attached hydrogens (tertiary/aromatic N) is 3. The van der Waals surface area contributed by atoms with Gasteiger partial charge in [0.25, 0.3) is 5.95 Å². The Morgan fingerprint density at radius 1 is 1.43 bits per heavy atom. The van der Waals surface area contributed by atoms with Gasteiger partial charge in [-0.25, -0.2) is 0 Å². The van der Waals surface area contributed by atoms with Crippen LogP contribution in [0.3, 0.4) is 0 Å². The quantitative estimate of drug-likeness (QED) is 0.771. The highest BCUT2D eigenvalue weighted by Gasteiger charge is 2.17.